The van der Waals surface area contributed by atoms with E-state index < -0.39 is 0 Å². The molecule has 0 aliphatic heterocycles. The van der Waals surface area contributed by atoms with Crippen LogP contribution in [0.3, 0.4) is 0 Å². The summed E-state index contributed by atoms with van der Waals surface area (Å²) in [5, 5.41) is 13.7. The molecule has 3 nitrogen and oxygen atoms in total. The summed E-state index contributed by atoms with van der Waals surface area (Å²) < 4.78 is 0. The fraction of sp³-hybridized carbons (Fsp3) is 0.143. The number of hydrogen-bond donors (Lipinski definition) is 1. The number of nitriles is 1. The van der Waals surface area contributed by atoms with Crippen molar-refractivity contribution in [2.24, 2.45) is 0 Å². The van der Waals surface area contributed by atoms with E-state index in [1.54, 1.807) is 35.6 Å². The van der Waals surface area contributed by atoms with E-state index in [1.165, 1.54) is 0 Å². The quantitative estimate of drug-likeness (QED) is 0.917. The van der Waals surface area contributed by atoms with Crippen LogP contribution in [-0.4, -0.2) is 5.91 Å². The van der Waals surface area contributed by atoms with Gasteiger partial charge in [-0.25, -0.2) is 0 Å². The summed E-state index contributed by atoms with van der Waals surface area (Å²) in [7, 11) is 0. The van der Waals surface area contributed by atoms with Crippen molar-refractivity contribution in [2.45, 2.75) is 13.0 Å². The first-order valence-corrected chi connectivity index (χ1v) is 6.43. The van der Waals surface area contributed by atoms with Crippen LogP contribution in [0.1, 0.15) is 33.8 Å². The van der Waals surface area contributed by atoms with E-state index in [0.29, 0.717) is 11.1 Å². The first kappa shape index (κ1) is 12.3. The van der Waals surface area contributed by atoms with Gasteiger partial charge in [-0.3, -0.25) is 4.79 Å². The minimum Gasteiger partial charge on any atom is -0.345 e. The second-order valence-corrected chi connectivity index (χ2v) is 4.88. The molecule has 0 spiro atoms. The number of carbonyl (C=O) groups is 1. The van der Waals surface area contributed by atoms with E-state index in [4.69, 9.17) is 5.26 Å². The molecule has 1 atom stereocenters. The lowest BCUT2D eigenvalue weighted by Crippen LogP contribution is -2.26. The van der Waals surface area contributed by atoms with Gasteiger partial charge in [-0.05, 0) is 36.6 Å². The molecule has 2 aromatic rings. The Morgan fingerprint density at radius 1 is 1.39 bits per heavy atom. The molecule has 0 saturated heterocycles. The SMILES string of the molecule is CC(NC(=O)c1cccc(C#N)c1)c1cccs1. The van der Waals surface area contributed by atoms with E-state index >= 15 is 0 Å². The van der Waals surface area contributed by atoms with Crippen LogP contribution in [0.4, 0.5) is 0 Å². The molecule has 90 valence electrons. The van der Waals surface area contributed by atoms with Crippen molar-refractivity contribution in [1.82, 2.24) is 5.32 Å². The third-order valence-electron chi connectivity index (χ3n) is 2.57. The van der Waals surface area contributed by atoms with E-state index in [9.17, 15) is 4.79 Å². The van der Waals surface area contributed by atoms with Gasteiger partial charge >= 0.3 is 0 Å². The molecule has 0 radical (unpaired) electrons. The van der Waals surface area contributed by atoms with Gasteiger partial charge in [-0.1, -0.05) is 12.1 Å². The van der Waals surface area contributed by atoms with Crippen molar-refractivity contribution >= 4 is 17.2 Å². The van der Waals surface area contributed by atoms with Crippen molar-refractivity contribution in [1.29, 1.82) is 5.26 Å². The third kappa shape index (κ3) is 2.76. The summed E-state index contributed by atoms with van der Waals surface area (Å²) in [6.07, 6.45) is 0. The van der Waals surface area contributed by atoms with Crippen molar-refractivity contribution in [3.05, 3.63) is 57.8 Å². The molecule has 1 amide bonds. The molecule has 0 saturated carbocycles. The summed E-state index contributed by atoms with van der Waals surface area (Å²) in [6, 6.07) is 12.6. The molecule has 2 rings (SSSR count). The number of amides is 1. The fourth-order valence-corrected chi connectivity index (χ4v) is 2.35. The molecule has 0 aliphatic carbocycles. The minimum atomic E-state index is -0.159. The predicted octanol–water partition coefficient (Wildman–Crippen LogP) is 3.11. The first-order chi connectivity index (χ1) is 8.70. The Morgan fingerprint density at radius 2 is 2.22 bits per heavy atom. The Morgan fingerprint density at radius 3 is 2.89 bits per heavy atom. The number of benzene rings is 1. The number of nitrogens with zero attached hydrogens (tertiary/aromatic N) is 1. The van der Waals surface area contributed by atoms with E-state index in [2.05, 4.69) is 5.32 Å². The zero-order chi connectivity index (χ0) is 13.0. The smallest absolute Gasteiger partial charge is 0.251 e. The van der Waals surface area contributed by atoms with Gasteiger partial charge in [0.15, 0.2) is 0 Å². The van der Waals surface area contributed by atoms with Gasteiger partial charge in [0.1, 0.15) is 0 Å². The van der Waals surface area contributed by atoms with Crippen molar-refractivity contribution in [3.8, 4) is 6.07 Å². The summed E-state index contributed by atoms with van der Waals surface area (Å²) in [5.74, 6) is -0.159. The molecule has 0 fully saturated rings. The number of thiophene rings is 1. The van der Waals surface area contributed by atoms with E-state index in [1.807, 2.05) is 30.5 Å². The van der Waals surface area contributed by atoms with Gasteiger partial charge in [0.25, 0.3) is 5.91 Å². The second kappa shape index (κ2) is 5.48. The zero-order valence-corrected chi connectivity index (χ0v) is 10.7. The average molecular weight is 256 g/mol. The van der Waals surface area contributed by atoms with Crippen LogP contribution in [-0.2, 0) is 0 Å². The highest BCUT2D eigenvalue weighted by Crippen LogP contribution is 2.18. The Labute approximate surface area is 110 Å². The molecular formula is C14H12N2OS. The van der Waals surface area contributed by atoms with Crippen LogP contribution in [0.5, 0.6) is 0 Å². The summed E-state index contributed by atoms with van der Waals surface area (Å²) in [5.41, 5.74) is 1.00. The van der Waals surface area contributed by atoms with Crippen molar-refractivity contribution in [2.75, 3.05) is 0 Å². The van der Waals surface area contributed by atoms with Crippen LogP contribution in [0.2, 0.25) is 0 Å². The lowest BCUT2D eigenvalue weighted by molar-refractivity contribution is 0.0940. The Hall–Kier alpha value is -2.12. The van der Waals surface area contributed by atoms with Crippen LogP contribution < -0.4 is 5.32 Å². The lowest BCUT2D eigenvalue weighted by atomic mass is 10.1. The maximum Gasteiger partial charge on any atom is 0.251 e. The van der Waals surface area contributed by atoms with Crippen LogP contribution >= 0.6 is 11.3 Å². The van der Waals surface area contributed by atoms with Crippen LogP contribution in [0.25, 0.3) is 0 Å². The molecular weight excluding hydrogens is 244 g/mol. The molecule has 4 heteroatoms. The van der Waals surface area contributed by atoms with E-state index in [-0.39, 0.29) is 11.9 Å². The highest BCUT2D eigenvalue weighted by molar-refractivity contribution is 7.10. The van der Waals surface area contributed by atoms with Crippen LogP contribution in [0.15, 0.2) is 41.8 Å². The molecule has 18 heavy (non-hydrogen) atoms. The van der Waals surface area contributed by atoms with Gasteiger partial charge in [0.2, 0.25) is 0 Å². The molecule has 1 unspecified atom stereocenters. The maximum absolute atomic E-state index is 12.0. The molecule has 1 aromatic carbocycles. The molecule has 1 aromatic heterocycles. The minimum absolute atomic E-state index is 0.0248. The lowest BCUT2D eigenvalue weighted by Gasteiger charge is -2.12. The highest BCUT2D eigenvalue weighted by Gasteiger charge is 2.12. The largest absolute Gasteiger partial charge is 0.345 e. The normalized spacial score (nSPS) is 11.6. The van der Waals surface area contributed by atoms with Crippen molar-refractivity contribution < 1.29 is 4.79 Å². The Bertz CT molecular complexity index is 584. The second-order valence-electron chi connectivity index (χ2n) is 3.90. The number of hydrogen-bond acceptors (Lipinski definition) is 3. The van der Waals surface area contributed by atoms with Gasteiger partial charge < -0.3 is 5.32 Å². The topological polar surface area (TPSA) is 52.9 Å². The highest BCUT2D eigenvalue weighted by atomic mass is 32.1. The first-order valence-electron chi connectivity index (χ1n) is 5.55. The summed E-state index contributed by atoms with van der Waals surface area (Å²) in [6.45, 7) is 1.94. The van der Waals surface area contributed by atoms with E-state index in [0.717, 1.165) is 4.88 Å². The Kier molecular flexibility index (Phi) is 3.75. The number of rotatable bonds is 3. The average Bonchev–Trinajstić information content (AvgIpc) is 2.92. The standard InChI is InChI=1S/C14H12N2OS/c1-10(13-6-3-7-18-13)16-14(17)12-5-2-4-11(8-12)9-15/h2-8,10H,1H3,(H,16,17). The molecule has 0 aliphatic rings. The number of carbonyl (C=O) groups excluding carboxylic acids is 1. The summed E-state index contributed by atoms with van der Waals surface area (Å²) in [4.78, 5) is 13.1. The van der Waals surface area contributed by atoms with Crippen LogP contribution in [0, 0.1) is 11.3 Å². The number of nitrogens with one attached hydrogen (secondary N) is 1. The predicted molar refractivity (Wildman–Crippen MR) is 71.4 cm³/mol. The van der Waals surface area contributed by atoms with Gasteiger partial charge in [0.05, 0.1) is 17.7 Å². The fourth-order valence-electron chi connectivity index (χ4n) is 1.62. The maximum atomic E-state index is 12.0. The Balaban J connectivity index is 2.10. The zero-order valence-electron chi connectivity index (χ0n) is 9.88. The molecule has 0 bridgehead atoms. The third-order valence-corrected chi connectivity index (χ3v) is 3.63. The van der Waals surface area contributed by atoms with Crippen molar-refractivity contribution in [3.63, 3.8) is 0 Å². The van der Waals surface area contributed by atoms with Gasteiger partial charge in [-0.15, -0.1) is 11.3 Å². The van der Waals surface area contributed by atoms with Gasteiger partial charge in [0, 0.05) is 10.4 Å². The van der Waals surface area contributed by atoms with Gasteiger partial charge in [-0.2, -0.15) is 5.26 Å². The monoisotopic (exact) mass is 256 g/mol. The molecule has 1 heterocycles. The molecule has 1 N–H and O–H groups in total. The summed E-state index contributed by atoms with van der Waals surface area (Å²) >= 11 is 1.61.